The van der Waals surface area contributed by atoms with Gasteiger partial charge in [0.25, 0.3) is 0 Å². The molecular weight excluding hydrogens is 334 g/mol. The number of aliphatic hydroxyl groups excluding tert-OH is 1. The van der Waals surface area contributed by atoms with Crippen LogP contribution in [0.15, 0.2) is 27.1 Å². The molecule has 0 radical (unpaired) electrons. The SMILES string of the molecule is CCC(C)[C@H](O)[C@H](N)c1cc(Br)ccc1Br. The lowest BCUT2D eigenvalue weighted by Gasteiger charge is -2.25. The predicted octanol–water partition coefficient (Wildman–Crippen LogP) is 3.62. The third-order valence-electron chi connectivity index (χ3n) is 2.91. The summed E-state index contributed by atoms with van der Waals surface area (Å²) in [5.74, 6) is 0.195. The van der Waals surface area contributed by atoms with E-state index in [0.29, 0.717) is 0 Å². The minimum atomic E-state index is -0.518. The van der Waals surface area contributed by atoms with E-state index in [4.69, 9.17) is 5.73 Å². The van der Waals surface area contributed by atoms with Crippen LogP contribution in [0.1, 0.15) is 31.9 Å². The maximum absolute atomic E-state index is 10.1. The average molecular weight is 351 g/mol. The van der Waals surface area contributed by atoms with Gasteiger partial charge in [-0.25, -0.2) is 0 Å². The molecule has 0 spiro atoms. The molecule has 3 N–H and O–H groups in total. The van der Waals surface area contributed by atoms with Crippen LogP contribution >= 0.6 is 31.9 Å². The van der Waals surface area contributed by atoms with Gasteiger partial charge in [-0.3, -0.25) is 0 Å². The van der Waals surface area contributed by atoms with Crippen molar-refractivity contribution in [2.45, 2.75) is 32.4 Å². The van der Waals surface area contributed by atoms with Crippen molar-refractivity contribution < 1.29 is 5.11 Å². The van der Waals surface area contributed by atoms with Gasteiger partial charge in [-0.15, -0.1) is 0 Å². The van der Waals surface area contributed by atoms with Crippen LogP contribution in [-0.4, -0.2) is 11.2 Å². The Labute approximate surface area is 113 Å². The zero-order chi connectivity index (χ0) is 12.3. The standard InChI is InChI=1S/C12H17Br2NO/c1-3-7(2)12(16)11(15)9-6-8(13)4-5-10(9)14/h4-7,11-12,16H,3,15H2,1-2H3/t7?,11-,12+/m1/s1. The van der Waals surface area contributed by atoms with Gasteiger partial charge in [0, 0.05) is 8.95 Å². The Morgan fingerprint density at radius 1 is 1.38 bits per heavy atom. The molecule has 16 heavy (non-hydrogen) atoms. The monoisotopic (exact) mass is 349 g/mol. The molecule has 0 aliphatic carbocycles. The van der Waals surface area contributed by atoms with Gasteiger partial charge in [0.2, 0.25) is 0 Å². The van der Waals surface area contributed by atoms with Gasteiger partial charge in [0.1, 0.15) is 0 Å². The van der Waals surface area contributed by atoms with Crippen LogP contribution in [0, 0.1) is 5.92 Å². The van der Waals surface area contributed by atoms with Gasteiger partial charge >= 0.3 is 0 Å². The smallest absolute Gasteiger partial charge is 0.0758 e. The van der Waals surface area contributed by atoms with Crippen LogP contribution in [0.4, 0.5) is 0 Å². The molecule has 2 nitrogen and oxygen atoms in total. The third-order valence-corrected chi connectivity index (χ3v) is 4.13. The Morgan fingerprint density at radius 3 is 2.56 bits per heavy atom. The predicted molar refractivity (Wildman–Crippen MR) is 74.2 cm³/mol. The van der Waals surface area contributed by atoms with Crippen molar-refractivity contribution in [3.05, 3.63) is 32.7 Å². The fraction of sp³-hybridized carbons (Fsp3) is 0.500. The van der Waals surface area contributed by atoms with E-state index in [2.05, 4.69) is 38.8 Å². The number of hydrogen-bond donors (Lipinski definition) is 2. The van der Waals surface area contributed by atoms with Crippen LogP contribution < -0.4 is 5.73 Å². The molecule has 0 saturated heterocycles. The maximum Gasteiger partial charge on any atom is 0.0758 e. The van der Waals surface area contributed by atoms with Gasteiger partial charge in [-0.05, 0) is 29.7 Å². The first-order valence-electron chi connectivity index (χ1n) is 5.36. The molecule has 0 amide bonds. The van der Waals surface area contributed by atoms with Crippen LogP contribution in [0.25, 0.3) is 0 Å². The topological polar surface area (TPSA) is 46.2 Å². The molecule has 3 atom stereocenters. The second-order valence-electron chi connectivity index (χ2n) is 4.07. The molecule has 0 aliphatic heterocycles. The van der Waals surface area contributed by atoms with E-state index >= 15 is 0 Å². The van der Waals surface area contributed by atoms with Crippen molar-refractivity contribution in [3.63, 3.8) is 0 Å². The lowest BCUT2D eigenvalue weighted by atomic mass is 9.92. The molecule has 0 saturated carbocycles. The Balaban J connectivity index is 2.95. The first-order valence-corrected chi connectivity index (χ1v) is 6.94. The van der Waals surface area contributed by atoms with E-state index in [1.165, 1.54) is 0 Å². The first kappa shape index (κ1) is 14.2. The highest BCUT2D eigenvalue weighted by Gasteiger charge is 2.23. The molecule has 90 valence electrons. The highest BCUT2D eigenvalue weighted by molar-refractivity contribution is 9.11. The molecule has 0 fully saturated rings. The molecule has 0 aliphatic rings. The summed E-state index contributed by atoms with van der Waals surface area (Å²) in [5, 5.41) is 10.1. The van der Waals surface area contributed by atoms with Crippen molar-refractivity contribution in [1.82, 2.24) is 0 Å². The van der Waals surface area contributed by atoms with E-state index in [0.717, 1.165) is 20.9 Å². The maximum atomic E-state index is 10.1. The number of hydrogen-bond acceptors (Lipinski definition) is 2. The first-order chi connectivity index (χ1) is 7.47. The summed E-state index contributed by atoms with van der Waals surface area (Å²) in [5.41, 5.74) is 7.02. The lowest BCUT2D eigenvalue weighted by Crippen LogP contribution is -2.31. The van der Waals surface area contributed by atoms with Crippen molar-refractivity contribution in [3.8, 4) is 0 Å². The van der Waals surface area contributed by atoms with E-state index < -0.39 is 6.10 Å². The Hall–Kier alpha value is 0.1000. The number of halogens is 2. The van der Waals surface area contributed by atoms with Crippen LogP contribution in [-0.2, 0) is 0 Å². The number of benzene rings is 1. The average Bonchev–Trinajstić information content (AvgIpc) is 2.29. The minimum Gasteiger partial charge on any atom is -0.391 e. The van der Waals surface area contributed by atoms with E-state index in [-0.39, 0.29) is 12.0 Å². The molecule has 1 unspecified atom stereocenters. The molecular formula is C12H17Br2NO. The van der Waals surface area contributed by atoms with Crippen LogP contribution in [0.5, 0.6) is 0 Å². The molecule has 0 aromatic heterocycles. The number of aliphatic hydroxyl groups is 1. The van der Waals surface area contributed by atoms with E-state index in [1.54, 1.807) is 0 Å². The molecule has 1 aromatic rings. The van der Waals surface area contributed by atoms with Crippen LogP contribution in [0.2, 0.25) is 0 Å². The summed E-state index contributed by atoms with van der Waals surface area (Å²) in [4.78, 5) is 0. The van der Waals surface area contributed by atoms with Crippen molar-refractivity contribution in [1.29, 1.82) is 0 Å². The summed E-state index contributed by atoms with van der Waals surface area (Å²) in [6.45, 7) is 4.06. The lowest BCUT2D eigenvalue weighted by molar-refractivity contribution is 0.0877. The Kier molecular flexibility index (Phi) is 5.44. The van der Waals surface area contributed by atoms with E-state index in [1.807, 2.05) is 25.1 Å². The fourth-order valence-electron chi connectivity index (χ4n) is 1.55. The highest BCUT2D eigenvalue weighted by atomic mass is 79.9. The Bertz CT molecular complexity index is 357. The highest BCUT2D eigenvalue weighted by Crippen LogP contribution is 2.30. The van der Waals surface area contributed by atoms with Crippen molar-refractivity contribution in [2.24, 2.45) is 11.7 Å². The quantitative estimate of drug-likeness (QED) is 0.871. The van der Waals surface area contributed by atoms with Gasteiger partial charge in [-0.1, -0.05) is 52.1 Å². The van der Waals surface area contributed by atoms with Crippen LogP contribution in [0.3, 0.4) is 0 Å². The molecule has 4 heteroatoms. The summed E-state index contributed by atoms with van der Waals surface area (Å²) in [6, 6.07) is 5.46. The normalized spacial score (nSPS) is 16.9. The number of nitrogens with two attached hydrogens (primary N) is 1. The minimum absolute atomic E-state index is 0.195. The van der Waals surface area contributed by atoms with Gasteiger partial charge in [-0.2, -0.15) is 0 Å². The molecule has 0 bridgehead atoms. The van der Waals surface area contributed by atoms with Crippen molar-refractivity contribution in [2.75, 3.05) is 0 Å². The zero-order valence-electron chi connectivity index (χ0n) is 9.45. The summed E-state index contributed by atoms with van der Waals surface area (Å²) >= 11 is 6.87. The third kappa shape index (κ3) is 3.29. The fourth-order valence-corrected chi connectivity index (χ4v) is 2.44. The summed E-state index contributed by atoms with van der Waals surface area (Å²) in [6.07, 6.45) is 0.399. The van der Waals surface area contributed by atoms with Gasteiger partial charge in [0.15, 0.2) is 0 Å². The van der Waals surface area contributed by atoms with E-state index in [9.17, 15) is 5.11 Å². The molecule has 1 aromatic carbocycles. The largest absolute Gasteiger partial charge is 0.391 e. The Morgan fingerprint density at radius 2 is 2.00 bits per heavy atom. The van der Waals surface area contributed by atoms with Gasteiger partial charge < -0.3 is 10.8 Å². The van der Waals surface area contributed by atoms with Gasteiger partial charge in [0.05, 0.1) is 12.1 Å². The van der Waals surface area contributed by atoms with Crippen molar-refractivity contribution >= 4 is 31.9 Å². The summed E-state index contributed by atoms with van der Waals surface area (Å²) < 4.78 is 1.91. The second kappa shape index (κ2) is 6.15. The number of rotatable bonds is 4. The molecule has 0 heterocycles. The zero-order valence-corrected chi connectivity index (χ0v) is 12.6. The summed E-state index contributed by atoms with van der Waals surface area (Å²) in [7, 11) is 0. The second-order valence-corrected chi connectivity index (χ2v) is 5.84. The molecule has 1 rings (SSSR count).